The van der Waals surface area contributed by atoms with Crippen LogP contribution in [0.4, 0.5) is 0 Å². The molecule has 2 aromatic carbocycles. The lowest BCUT2D eigenvalue weighted by atomic mass is 9.97. The Kier molecular flexibility index (Phi) is 3.88. The van der Waals surface area contributed by atoms with Crippen molar-refractivity contribution >= 4 is 0 Å². The molecule has 0 N–H and O–H groups in total. The van der Waals surface area contributed by atoms with Crippen LogP contribution >= 0.6 is 0 Å². The fourth-order valence-corrected chi connectivity index (χ4v) is 2.19. The first-order valence-corrected chi connectivity index (χ1v) is 6.11. The maximum atomic E-state index is 5.50. The number of para-hydroxylation sites is 1. The average Bonchev–Trinajstić information content (AvgIpc) is 2.46. The van der Waals surface area contributed by atoms with Crippen LogP contribution in [0.3, 0.4) is 0 Å². The van der Waals surface area contributed by atoms with Gasteiger partial charge in [-0.05, 0) is 23.6 Å². The van der Waals surface area contributed by atoms with Crippen LogP contribution in [0, 0.1) is 0 Å². The predicted molar refractivity (Wildman–Crippen MR) is 74.4 cm³/mol. The highest BCUT2D eigenvalue weighted by Crippen LogP contribution is 2.39. The molecule has 0 aliphatic heterocycles. The van der Waals surface area contributed by atoms with Crippen molar-refractivity contribution in [3.8, 4) is 22.6 Å². The van der Waals surface area contributed by atoms with Gasteiger partial charge in [-0.25, -0.2) is 0 Å². The van der Waals surface area contributed by atoms with Crippen LogP contribution in [0.2, 0.25) is 0 Å². The maximum Gasteiger partial charge on any atom is 0.168 e. The van der Waals surface area contributed by atoms with Crippen molar-refractivity contribution in [1.82, 2.24) is 0 Å². The van der Waals surface area contributed by atoms with Gasteiger partial charge in [0.2, 0.25) is 0 Å². The van der Waals surface area contributed by atoms with Gasteiger partial charge in [0, 0.05) is 5.56 Å². The lowest BCUT2D eigenvalue weighted by Crippen LogP contribution is -1.95. The van der Waals surface area contributed by atoms with Crippen LogP contribution in [0.1, 0.15) is 12.5 Å². The molecule has 0 amide bonds. The van der Waals surface area contributed by atoms with Gasteiger partial charge in [0.15, 0.2) is 11.5 Å². The SMILES string of the molecule is CCc1ccccc1-c1cccc(OC)c1OC. The van der Waals surface area contributed by atoms with Crippen LogP contribution in [-0.4, -0.2) is 14.2 Å². The molecule has 0 aliphatic rings. The molecule has 0 saturated carbocycles. The van der Waals surface area contributed by atoms with E-state index in [9.17, 15) is 0 Å². The van der Waals surface area contributed by atoms with Crippen LogP contribution in [0.25, 0.3) is 11.1 Å². The number of benzene rings is 2. The Hall–Kier alpha value is -1.96. The summed E-state index contributed by atoms with van der Waals surface area (Å²) in [6.07, 6.45) is 0.997. The number of hydrogen-bond acceptors (Lipinski definition) is 2. The average molecular weight is 242 g/mol. The van der Waals surface area contributed by atoms with Gasteiger partial charge in [-0.15, -0.1) is 0 Å². The van der Waals surface area contributed by atoms with Crippen molar-refractivity contribution in [3.05, 3.63) is 48.0 Å². The van der Waals surface area contributed by atoms with Crippen LogP contribution in [-0.2, 0) is 6.42 Å². The van der Waals surface area contributed by atoms with E-state index in [-0.39, 0.29) is 0 Å². The monoisotopic (exact) mass is 242 g/mol. The summed E-state index contributed by atoms with van der Waals surface area (Å²) in [6, 6.07) is 14.3. The molecule has 0 bridgehead atoms. The molecule has 0 atom stereocenters. The van der Waals surface area contributed by atoms with Crippen molar-refractivity contribution in [1.29, 1.82) is 0 Å². The molecule has 18 heavy (non-hydrogen) atoms. The van der Waals surface area contributed by atoms with E-state index in [1.807, 2.05) is 18.2 Å². The third-order valence-corrected chi connectivity index (χ3v) is 3.09. The van der Waals surface area contributed by atoms with Gasteiger partial charge in [-0.3, -0.25) is 0 Å². The summed E-state index contributed by atoms with van der Waals surface area (Å²) in [7, 11) is 3.34. The van der Waals surface area contributed by atoms with Crippen molar-refractivity contribution in [2.75, 3.05) is 14.2 Å². The minimum atomic E-state index is 0.765. The summed E-state index contributed by atoms with van der Waals surface area (Å²) in [5, 5.41) is 0. The molecule has 0 unspecified atom stereocenters. The zero-order valence-electron chi connectivity index (χ0n) is 11.1. The number of methoxy groups -OCH3 is 2. The number of ether oxygens (including phenoxy) is 2. The predicted octanol–water partition coefficient (Wildman–Crippen LogP) is 3.93. The van der Waals surface area contributed by atoms with E-state index in [2.05, 4.69) is 31.2 Å². The molecule has 2 aromatic rings. The molecule has 0 radical (unpaired) electrons. The van der Waals surface area contributed by atoms with Crippen molar-refractivity contribution < 1.29 is 9.47 Å². The molecule has 2 nitrogen and oxygen atoms in total. The van der Waals surface area contributed by atoms with Crippen LogP contribution in [0.5, 0.6) is 11.5 Å². The van der Waals surface area contributed by atoms with E-state index in [1.54, 1.807) is 14.2 Å². The second-order valence-corrected chi connectivity index (χ2v) is 4.05. The van der Waals surface area contributed by atoms with E-state index < -0.39 is 0 Å². The molecule has 2 rings (SSSR count). The smallest absolute Gasteiger partial charge is 0.168 e. The van der Waals surface area contributed by atoms with Gasteiger partial charge >= 0.3 is 0 Å². The lowest BCUT2D eigenvalue weighted by Gasteiger charge is -2.14. The molecule has 0 aromatic heterocycles. The second-order valence-electron chi connectivity index (χ2n) is 4.05. The number of hydrogen-bond donors (Lipinski definition) is 0. The van der Waals surface area contributed by atoms with Gasteiger partial charge in [-0.1, -0.05) is 43.3 Å². The first-order valence-electron chi connectivity index (χ1n) is 6.11. The Labute approximate surface area is 108 Å². The molecule has 0 spiro atoms. The van der Waals surface area contributed by atoms with Gasteiger partial charge in [0.05, 0.1) is 14.2 Å². The standard InChI is InChI=1S/C16H18O2/c1-4-12-8-5-6-9-13(12)14-10-7-11-15(17-2)16(14)18-3/h5-11H,4H2,1-3H3. The Morgan fingerprint density at radius 2 is 1.56 bits per heavy atom. The Balaban J connectivity index is 2.63. The summed E-state index contributed by atoms with van der Waals surface area (Å²) in [5.41, 5.74) is 3.59. The Morgan fingerprint density at radius 3 is 2.22 bits per heavy atom. The summed E-state index contributed by atoms with van der Waals surface area (Å²) in [4.78, 5) is 0. The van der Waals surface area contributed by atoms with Gasteiger partial charge in [0.25, 0.3) is 0 Å². The summed E-state index contributed by atoms with van der Waals surface area (Å²) in [5.74, 6) is 1.56. The van der Waals surface area contributed by atoms with Crippen molar-refractivity contribution in [2.45, 2.75) is 13.3 Å². The minimum Gasteiger partial charge on any atom is -0.493 e. The van der Waals surface area contributed by atoms with E-state index >= 15 is 0 Å². The zero-order valence-corrected chi connectivity index (χ0v) is 11.1. The normalized spacial score (nSPS) is 10.2. The molecule has 2 heteroatoms. The molecular formula is C16H18O2. The quantitative estimate of drug-likeness (QED) is 0.808. The molecule has 0 fully saturated rings. The van der Waals surface area contributed by atoms with Gasteiger partial charge in [-0.2, -0.15) is 0 Å². The summed E-state index contributed by atoms with van der Waals surface area (Å²) < 4.78 is 10.8. The molecule has 0 saturated heterocycles. The van der Waals surface area contributed by atoms with Crippen molar-refractivity contribution in [3.63, 3.8) is 0 Å². The first-order chi connectivity index (χ1) is 8.81. The zero-order chi connectivity index (χ0) is 13.0. The largest absolute Gasteiger partial charge is 0.493 e. The fourth-order valence-electron chi connectivity index (χ4n) is 2.19. The lowest BCUT2D eigenvalue weighted by molar-refractivity contribution is 0.356. The highest BCUT2D eigenvalue weighted by molar-refractivity contribution is 5.76. The van der Waals surface area contributed by atoms with Crippen LogP contribution in [0.15, 0.2) is 42.5 Å². The Morgan fingerprint density at radius 1 is 0.833 bits per heavy atom. The number of rotatable bonds is 4. The Bertz CT molecular complexity index is 532. The van der Waals surface area contributed by atoms with E-state index in [0.717, 1.165) is 23.5 Å². The van der Waals surface area contributed by atoms with E-state index in [1.165, 1.54) is 11.1 Å². The first kappa shape index (κ1) is 12.5. The molecule has 0 heterocycles. The topological polar surface area (TPSA) is 18.5 Å². The van der Waals surface area contributed by atoms with Crippen LogP contribution < -0.4 is 9.47 Å². The third kappa shape index (κ3) is 2.19. The minimum absolute atomic E-state index is 0.765. The highest BCUT2D eigenvalue weighted by atomic mass is 16.5. The third-order valence-electron chi connectivity index (χ3n) is 3.09. The van der Waals surface area contributed by atoms with Gasteiger partial charge in [0.1, 0.15) is 0 Å². The number of aryl methyl sites for hydroxylation is 1. The maximum absolute atomic E-state index is 5.50. The molecule has 0 aliphatic carbocycles. The van der Waals surface area contributed by atoms with E-state index in [0.29, 0.717) is 0 Å². The van der Waals surface area contributed by atoms with E-state index in [4.69, 9.17) is 9.47 Å². The summed E-state index contributed by atoms with van der Waals surface area (Å²) >= 11 is 0. The van der Waals surface area contributed by atoms with Crippen molar-refractivity contribution in [2.24, 2.45) is 0 Å². The molecular weight excluding hydrogens is 224 g/mol. The fraction of sp³-hybridized carbons (Fsp3) is 0.250. The second kappa shape index (κ2) is 5.58. The summed E-state index contributed by atoms with van der Waals surface area (Å²) in [6.45, 7) is 2.16. The highest BCUT2D eigenvalue weighted by Gasteiger charge is 2.13. The molecule has 94 valence electrons. The van der Waals surface area contributed by atoms with Gasteiger partial charge < -0.3 is 9.47 Å².